The number of unbranched alkanes of at least 4 members (excludes halogenated alkanes) is 2. The molecule has 1 heterocycles. The van der Waals surface area contributed by atoms with E-state index >= 15 is 0 Å². The minimum absolute atomic E-state index is 0.148. The van der Waals surface area contributed by atoms with Crippen molar-refractivity contribution in [3.63, 3.8) is 0 Å². The third-order valence-corrected chi connectivity index (χ3v) is 7.85. The van der Waals surface area contributed by atoms with E-state index in [4.69, 9.17) is 4.74 Å². The Morgan fingerprint density at radius 2 is 1.44 bits per heavy atom. The number of nitrogens with one attached hydrogen (secondary N) is 2. The van der Waals surface area contributed by atoms with E-state index in [-0.39, 0.29) is 5.91 Å². The van der Waals surface area contributed by atoms with Crippen LogP contribution in [0.3, 0.4) is 0 Å². The van der Waals surface area contributed by atoms with Crippen LogP contribution in [0.2, 0.25) is 0 Å². The Labute approximate surface area is 243 Å². The zero-order valence-corrected chi connectivity index (χ0v) is 24.2. The first kappa shape index (κ1) is 30.3. The molecule has 1 aliphatic heterocycles. The van der Waals surface area contributed by atoms with Crippen molar-refractivity contribution in [3.8, 4) is 5.75 Å². The molecule has 0 radical (unpaired) electrons. The highest BCUT2D eigenvalue weighted by atomic mass is 16.6. The highest BCUT2D eigenvalue weighted by molar-refractivity contribution is 5.86. The fourth-order valence-corrected chi connectivity index (χ4v) is 5.65. The number of nitrogens with zero attached hydrogens (tertiary/aromatic N) is 1. The van der Waals surface area contributed by atoms with Crippen LogP contribution in [-0.4, -0.2) is 45.9 Å². The number of aliphatic hydroxyl groups is 1. The monoisotopic (exact) mass is 557 g/mol. The topological polar surface area (TPSA) is 90.9 Å². The van der Waals surface area contributed by atoms with E-state index in [1.807, 2.05) is 71.6 Å². The number of benzene rings is 3. The molecule has 3 atom stereocenters. The average Bonchev–Trinajstić information content (AvgIpc) is 3.26. The molecule has 7 nitrogen and oxygen atoms in total. The fourth-order valence-electron chi connectivity index (χ4n) is 5.65. The minimum Gasteiger partial charge on any atom is -0.410 e. The number of carbonyl (C=O) groups is 2. The fraction of sp³-hybridized carbons (Fsp3) is 0.412. The number of hydrogen-bond donors (Lipinski definition) is 3. The minimum atomic E-state index is -1.19. The molecule has 3 aromatic rings. The standard InChI is InChI=1S/C34H43N3O4/c1-3-5-22-34(23-6-4-2)36-30(32(39)37(34)25-27-18-12-8-13-19-27)31(38)29(24-26-16-10-7-11-17-26)35-33(40)41-28-20-14-9-15-21-28/h7-21,29-31,36,38H,3-6,22-25H2,1-2H3,(H,35,40)/t29-,30-,31+/m0/s1. The molecule has 41 heavy (non-hydrogen) atoms. The molecule has 1 aliphatic rings. The van der Waals surface area contributed by atoms with Gasteiger partial charge in [0.25, 0.3) is 0 Å². The van der Waals surface area contributed by atoms with Crippen LogP contribution in [0.4, 0.5) is 4.79 Å². The van der Waals surface area contributed by atoms with Crippen LogP contribution >= 0.6 is 0 Å². The number of rotatable bonds is 14. The van der Waals surface area contributed by atoms with E-state index in [1.54, 1.807) is 24.3 Å². The lowest BCUT2D eigenvalue weighted by molar-refractivity contribution is -0.135. The molecule has 1 saturated heterocycles. The molecule has 4 rings (SSSR count). The van der Waals surface area contributed by atoms with Gasteiger partial charge in [-0.3, -0.25) is 10.1 Å². The highest BCUT2D eigenvalue weighted by Crippen LogP contribution is 2.35. The molecule has 218 valence electrons. The van der Waals surface area contributed by atoms with Crippen molar-refractivity contribution in [2.24, 2.45) is 0 Å². The summed E-state index contributed by atoms with van der Waals surface area (Å²) >= 11 is 0. The van der Waals surface area contributed by atoms with Crippen molar-refractivity contribution in [2.45, 2.75) is 89.2 Å². The highest BCUT2D eigenvalue weighted by Gasteiger charge is 2.52. The van der Waals surface area contributed by atoms with Gasteiger partial charge in [0.05, 0.1) is 17.8 Å². The van der Waals surface area contributed by atoms with Crippen LogP contribution in [0.15, 0.2) is 91.0 Å². The Bertz CT molecular complexity index is 1210. The van der Waals surface area contributed by atoms with Crippen LogP contribution in [0.25, 0.3) is 0 Å². The molecule has 0 spiro atoms. The maximum Gasteiger partial charge on any atom is 0.412 e. The first-order valence-corrected chi connectivity index (χ1v) is 14.8. The normalized spacial score (nSPS) is 17.7. The Morgan fingerprint density at radius 3 is 2.00 bits per heavy atom. The average molecular weight is 558 g/mol. The molecule has 0 saturated carbocycles. The van der Waals surface area contributed by atoms with E-state index in [1.165, 1.54) is 0 Å². The zero-order chi connectivity index (χ0) is 29.1. The first-order valence-electron chi connectivity index (χ1n) is 14.8. The second kappa shape index (κ2) is 14.8. The van der Waals surface area contributed by atoms with Crippen molar-refractivity contribution < 1.29 is 19.4 Å². The molecule has 0 bridgehead atoms. The van der Waals surface area contributed by atoms with Crippen molar-refractivity contribution in [2.75, 3.05) is 0 Å². The van der Waals surface area contributed by atoms with E-state index in [9.17, 15) is 14.7 Å². The number of ether oxygens (including phenoxy) is 1. The van der Waals surface area contributed by atoms with Crippen LogP contribution in [0.1, 0.15) is 63.5 Å². The second-order valence-corrected chi connectivity index (χ2v) is 10.9. The lowest BCUT2D eigenvalue weighted by Gasteiger charge is -2.39. The van der Waals surface area contributed by atoms with Crippen LogP contribution < -0.4 is 15.4 Å². The summed E-state index contributed by atoms with van der Waals surface area (Å²) in [5, 5.41) is 18.3. The van der Waals surface area contributed by atoms with Crippen molar-refractivity contribution >= 4 is 12.0 Å². The molecule has 0 unspecified atom stereocenters. The van der Waals surface area contributed by atoms with Gasteiger partial charge in [0.2, 0.25) is 5.91 Å². The molecule has 3 aromatic carbocycles. The van der Waals surface area contributed by atoms with Gasteiger partial charge in [0.1, 0.15) is 11.8 Å². The van der Waals surface area contributed by atoms with E-state index in [2.05, 4.69) is 24.5 Å². The maximum atomic E-state index is 14.2. The summed E-state index contributed by atoms with van der Waals surface area (Å²) < 4.78 is 5.49. The summed E-state index contributed by atoms with van der Waals surface area (Å²) in [6.45, 7) is 4.75. The van der Waals surface area contributed by atoms with Gasteiger partial charge in [-0.2, -0.15) is 0 Å². The summed E-state index contributed by atoms with van der Waals surface area (Å²) in [7, 11) is 0. The SMILES string of the molecule is CCCCC1(CCCC)N[C@@H]([C@H](O)[C@H](Cc2ccccc2)NC(=O)Oc2ccccc2)C(=O)N1Cc1ccccc1. The molecule has 0 aliphatic carbocycles. The van der Waals surface area contributed by atoms with Gasteiger partial charge in [0, 0.05) is 6.54 Å². The molecule has 7 heteroatoms. The summed E-state index contributed by atoms with van der Waals surface area (Å²) in [6, 6.07) is 26.8. The van der Waals surface area contributed by atoms with Gasteiger partial charge in [-0.1, -0.05) is 118 Å². The maximum absolute atomic E-state index is 14.2. The summed E-state index contributed by atoms with van der Waals surface area (Å²) in [5.74, 6) is 0.255. The third-order valence-electron chi connectivity index (χ3n) is 7.85. The van der Waals surface area contributed by atoms with Crippen molar-refractivity contribution in [1.82, 2.24) is 15.5 Å². The predicted octanol–water partition coefficient (Wildman–Crippen LogP) is 5.82. The lowest BCUT2D eigenvalue weighted by atomic mass is 9.94. The molecule has 1 fully saturated rings. The summed E-state index contributed by atoms with van der Waals surface area (Å²) in [6.07, 6.45) is 3.96. The van der Waals surface area contributed by atoms with Crippen LogP contribution in [0, 0.1) is 0 Å². The van der Waals surface area contributed by atoms with E-state index in [0.29, 0.717) is 18.7 Å². The van der Waals surface area contributed by atoms with Gasteiger partial charge >= 0.3 is 6.09 Å². The molecular weight excluding hydrogens is 514 g/mol. The Morgan fingerprint density at radius 1 is 0.902 bits per heavy atom. The van der Waals surface area contributed by atoms with Crippen LogP contribution in [0.5, 0.6) is 5.75 Å². The van der Waals surface area contributed by atoms with Crippen molar-refractivity contribution in [3.05, 3.63) is 102 Å². The lowest BCUT2D eigenvalue weighted by Crippen LogP contribution is -2.57. The molecule has 0 aromatic heterocycles. The Hall–Kier alpha value is -3.68. The number of aliphatic hydroxyl groups excluding tert-OH is 1. The number of para-hydroxylation sites is 1. The quantitative estimate of drug-likeness (QED) is 0.232. The van der Waals surface area contributed by atoms with Crippen LogP contribution in [-0.2, 0) is 17.8 Å². The number of amides is 2. The smallest absolute Gasteiger partial charge is 0.410 e. The number of carbonyl (C=O) groups excluding carboxylic acids is 2. The third kappa shape index (κ3) is 7.96. The molecular formula is C34H43N3O4. The van der Waals surface area contributed by atoms with Gasteiger partial charge in [-0.05, 0) is 42.5 Å². The van der Waals surface area contributed by atoms with Crippen molar-refractivity contribution in [1.29, 1.82) is 0 Å². The van der Waals surface area contributed by atoms with Gasteiger partial charge in [0.15, 0.2) is 0 Å². The largest absolute Gasteiger partial charge is 0.412 e. The first-order chi connectivity index (χ1) is 20.0. The molecule has 3 N–H and O–H groups in total. The Kier molecular flexibility index (Phi) is 10.9. The zero-order valence-electron chi connectivity index (χ0n) is 24.2. The van der Waals surface area contributed by atoms with Gasteiger partial charge in [-0.25, -0.2) is 4.79 Å². The predicted molar refractivity (Wildman–Crippen MR) is 161 cm³/mol. The van der Waals surface area contributed by atoms with Gasteiger partial charge < -0.3 is 20.1 Å². The summed E-state index contributed by atoms with van der Waals surface area (Å²) in [4.78, 5) is 29.1. The van der Waals surface area contributed by atoms with E-state index in [0.717, 1.165) is 49.7 Å². The molecule has 2 amide bonds. The second-order valence-electron chi connectivity index (χ2n) is 10.9. The Balaban J connectivity index is 1.62. The number of hydrogen-bond acceptors (Lipinski definition) is 5. The summed E-state index contributed by atoms with van der Waals surface area (Å²) in [5.41, 5.74) is 1.40. The van der Waals surface area contributed by atoms with Gasteiger partial charge in [-0.15, -0.1) is 0 Å². The van der Waals surface area contributed by atoms with E-state index < -0.39 is 29.9 Å².